The smallest absolute Gasteiger partial charge is 0.268 e. The fraction of sp³-hybridized carbons (Fsp3) is 0.346. The van der Waals surface area contributed by atoms with Crippen LogP contribution < -0.4 is 9.64 Å². The van der Waals surface area contributed by atoms with E-state index in [-0.39, 0.29) is 36.9 Å². The van der Waals surface area contributed by atoms with Crippen molar-refractivity contribution in [3.05, 3.63) is 66.0 Å². The molecule has 1 aromatic carbocycles. The van der Waals surface area contributed by atoms with E-state index in [2.05, 4.69) is 19.9 Å². The van der Waals surface area contributed by atoms with Crippen LogP contribution in [0.5, 0.6) is 5.75 Å². The van der Waals surface area contributed by atoms with Gasteiger partial charge in [-0.15, -0.1) is 0 Å². The molecule has 190 valence electrons. The van der Waals surface area contributed by atoms with E-state index in [1.807, 2.05) is 11.3 Å². The molecule has 11 heteroatoms. The molecule has 4 heterocycles. The lowest BCUT2D eigenvalue weighted by Crippen LogP contribution is -2.53. The van der Waals surface area contributed by atoms with Crippen LogP contribution in [0.4, 0.5) is 10.1 Å². The Morgan fingerprint density at radius 1 is 1.16 bits per heavy atom. The van der Waals surface area contributed by atoms with Gasteiger partial charge in [0.25, 0.3) is 5.91 Å². The second-order valence-corrected chi connectivity index (χ2v) is 10.1. The monoisotopic (exact) mass is 504 g/mol. The van der Waals surface area contributed by atoms with Gasteiger partial charge in [-0.05, 0) is 32.9 Å². The van der Waals surface area contributed by atoms with Crippen LogP contribution in [0, 0.1) is 12.7 Å². The molecule has 0 saturated heterocycles. The van der Waals surface area contributed by atoms with E-state index in [0.29, 0.717) is 28.3 Å². The van der Waals surface area contributed by atoms with E-state index in [9.17, 15) is 19.4 Å². The van der Waals surface area contributed by atoms with Crippen LogP contribution in [0.25, 0.3) is 16.9 Å². The van der Waals surface area contributed by atoms with Gasteiger partial charge in [0.1, 0.15) is 5.60 Å². The van der Waals surface area contributed by atoms with E-state index in [1.165, 1.54) is 11.0 Å². The lowest BCUT2D eigenvalue weighted by atomic mass is 9.68. The summed E-state index contributed by atoms with van der Waals surface area (Å²) in [7, 11) is 0. The lowest BCUT2D eigenvalue weighted by molar-refractivity contribution is -0.180. The zero-order valence-electron chi connectivity index (χ0n) is 20.5. The van der Waals surface area contributed by atoms with E-state index in [4.69, 9.17) is 4.74 Å². The largest absolute Gasteiger partial charge is 0.476 e. The van der Waals surface area contributed by atoms with Crippen LogP contribution in [0.15, 0.2) is 43.0 Å². The number of carbonyl (C=O) groups is 1. The van der Waals surface area contributed by atoms with Gasteiger partial charge < -0.3 is 14.9 Å². The summed E-state index contributed by atoms with van der Waals surface area (Å²) < 4.78 is 21.8. The number of aromatic nitrogens is 5. The average molecular weight is 505 g/mol. The number of nitrogens with zero attached hydrogens (tertiary/aromatic N) is 6. The van der Waals surface area contributed by atoms with Crippen LogP contribution in [0.1, 0.15) is 43.9 Å². The molecule has 0 unspecified atom stereocenters. The van der Waals surface area contributed by atoms with E-state index in [1.54, 1.807) is 50.8 Å². The molecule has 0 bridgehead atoms. The summed E-state index contributed by atoms with van der Waals surface area (Å²) in [5.41, 5.74) is 1.42. The first kappa shape index (κ1) is 23.4. The molecule has 2 aliphatic rings. The van der Waals surface area contributed by atoms with Crippen molar-refractivity contribution in [1.82, 2.24) is 24.3 Å². The molecule has 1 saturated carbocycles. The molecular formula is C26H25FN6O4. The van der Waals surface area contributed by atoms with Crippen molar-refractivity contribution in [3.8, 4) is 17.0 Å². The zero-order chi connectivity index (χ0) is 26.1. The third-order valence-corrected chi connectivity index (χ3v) is 6.97. The minimum atomic E-state index is -1.24. The third kappa shape index (κ3) is 3.82. The number of halogens is 1. The number of benzene rings is 1. The minimum Gasteiger partial charge on any atom is -0.476 e. The van der Waals surface area contributed by atoms with Crippen LogP contribution in [-0.2, 0) is 16.9 Å². The molecular weight excluding hydrogens is 479 g/mol. The van der Waals surface area contributed by atoms with Gasteiger partial charge in [-0.25, -0.2) is 19.3 Å². The number of aliphatic hydroxyl groups is 2. The SMILES string of the molecule is Cc1nc2cnc(-c3cnc(C4(O)CC(C)(O)C4)nc3)cn2c1CN1C(=O)[C@@H](C)Oc2c(F)cccc21. The Morgan fingerprint density at radius 2 is 1.89 bits per heavy atom. The summed E-state index contributed by atoms with van der Waals surface area (Å²) >= 11 is 0. The van der Waals surface area contributed by atoms with Crippen molar-refractivity contribution in [2.45, 2.75) is 57.5 Å². The normalized spacial score (nSPS) is 25.1. The standard InChI is InChI=1S/C26H25FN6O4/c1-14-20(11-33-19-6-4-5-17(27)22(19)37-15(2)23(33)34)32-10-18(28-9-21(32)31-14)16-7-29-24(30-8-16)26(36)12-25(3,35)13-26/h4-10,15,35-36H,11-13H2,1-3H3/t15-,25?,26?/m1/s1. The van der Waals surface area contributed by atoms with Crippen LogP contribution in [-0.4, -0.2) is 52.2 Å². The summed E-state index contributed by atoms with van der Waals surface area (Å²) in [5, 5.41) is 20.7. The Hall–Kier alpha value is -3.96. The van der Waals surface area contributed by atoms with Gasteiger partial charge >= 0.3 is 0 Å². The topological polar surface area (TPSA) is 126 Å². The number of aryl methyl sites for hydroxylation is 1. The number of anilines is 1. The first-order chi connectivity index (χ1) is 17.5. The second-order valence-electron chi connectivity index (χ2n) is 10.1. The molecule has 10 nitrogen and oxygen atoms in total. The molecule has 4 aromatic rings. The van der Waals surface area contributed by atoms with Gasteiger partial charge in [-0.1, -0.05) is 6.07 Å². The van der Waals surface area contributed by atoms with Crippen molar-refractivity contribution in [1.29, 1.82) is 0 Å². The van der Waals surface area contributed by atoms with Gasteiger partial charge in [0, 0.05) is 37.0 Å². The Bertz CT molecular complexity index is 1540. The van der Waals surface area contributed by atoms with E-state index in [0.717, 1.165) is 5.69 Å². The van der Waals surface area contributed by atoms with Crippen molar-refractivity contribution in [2.24, 2.45) is 0 Å². The van der Waals surface area contributed by atoms with Gasteiger partial charge in [-0.2, -0.15) is 0 Å². The molecule has 1 atom stereocenters. The summed E-state index contributed by atoms with van der Waals surface area (Å²) in [5.74, 6) is -0.496. The molecule has 0 spiro atoms. The first-order valence-electron chi connectivity index (χ1n) is 11.9. The van der Waals surface area contributed by atoms with Crippen molar-refractivity contribution in [2.75, 3.05) is 4.90 Å². The quantitative estimate of drug-likeness (QED) is 0.435. The number of rotatable bonds is 4. The molecule has 1 amide bonds. The third-order valence-electron chi connectivity index (χ3n) is 6.97. The maximum atomic E-state index is 14.4. The van der Waals surface area contributed by atoms with Gasteiger partial charge in [-0.3, -0.25) is 19.1 Å². The second kappa shape index (κ2) is 8.02. The Balaban J connectivity index is 1.35. The maximum Gasteiger partial charge on any atom is 0.268 e. The predicted octanol–water partition coefficient (Wildman–Crippen LogP) is 2.68. The number of hydrogen-bond donors (Lipinski definition) is 2. The average Bonchev–Trinajstić information content (AvgIpc) is 3.15. The Kier molecular flexibility index (Phi) is 5.08. The van der Waals surface area contributed by atoms with Crippen molar-refractivity contribution in [3.63, 3.8) is 0 Å². The van der Waals surface area contributed by atoms with Crippen molar-refractivity contribution < 1.29 is 24.1 Å². The highest BCUT2D eigenvalue weighted by Crippen LogP contribution is 2.46. The fourth-order valence-corrected chi connectivity index (χ4v) is 5.23. The Morgan fingerprint density at radius 3 is 2.59 bits per heavy atom. The molecule has 6 rings (SSSR count). The number of hydrogen-bond acceptors (Lipinski definition) is 8. The first-order valence-corrected chi connectivity index (χ1v) is 11.9. The zero-order valence-corrected chi connectivity index (χ0v) is 20.5. The van der Waals surface area contributed by atoms with Gasteiger partial charge in [0.2, 0.25) is 0 Å². The highest BCUT2D eigenvalue weighted by Gasteiger charge is 2.53. The summed E-state index contributed by atoms with van der Waals surface area (Å²) in [6, 6.07) is 4.50. The molecule has 1 aliphatic heterocycles. The van der Waals surface area contributed by atoms with Crippen molar-refractivity contribution >= 4 is 17.2 Å². The highest BCUT2D eigenvalue weighted by atomic mass is 19.1. The minimum absolute atomic E-state index is 0.0512. The summed E-state index contributed by atoms with van der Waals surface area (Å²) in [6.07, 6.45) is 6.08. The molecule has 2 N–H and O–H groups in total. The summed E-state index contributed by atoms with van der Waals surface area (Å²) in [6.45, 7) is 5.26. The van der Waals surface area contributed by atoms with Gasteiger partial charge in [0.15, 0.2) is 29.1 Å². The lowest BCUT2D eigenvalue weighted by Gasteiger charge is -2.46. The predicted molar refractivity (Wildman–Crippen MR) is 130 cm³/mol. The number of para-hydroxylation sites is 1. The van der Waals surface area contributed by atoms with Crippen LogP contribution in [0.2, 0.25) is 0 Å². The van der Waals surface area contributed by atoms with Crippen LogP contribution >= 0.6 is 0 Å². The number of imidazole rings is 1. The number of amides is 1. The summed E-state index contributed by atoms with van der Waals surface area (Å²) in [4.78, 5) is 32.3. The van der Waals surface area contributed by atoms with E-state index < -0.39 is 23.1 Å². The Labute approximate surface area is 211 Å². The number of carbonyl (C=O) groups excluding carboxylic acids is 1. The van der Waals surface area contributed by atoms with Gasteiger partial charge in [0.05, 0.1) is 41.1 Å². The van der Waals surface area contributed by atoms with E-state index >= 15 is 0 Å². The highest BCUT2D eigenvalue weighted by molar-refractivity contribution is 5.99. The number of fused-ring (bicyclic) bond motifs is 2. The number of ether oxygens (including phenoxy) is 1. The van der Waals surface area contributed by atoms with Crippen LogP contribution in [0.3, 0.4) is 0 Å². The molecule has 37 heavy (non-hydrogen) atoms. The fourth-order valence-electron chi connectivity index (χ4n) is 5.23. The molecule has 1 fully saturated rings. The molecule has 3 aromatic heterocycles. The molecule has 0 radical (unpaired) electrons. The maximum absolute atomic E-state index is 14.4. The molecule has 1 aliphatic carbocycles.